The molecule has 0 radical (unpaired) electrons. The summed E-state index contributed by atoms with van der Waals surface area (Å²) in [4.78, 5) is 22.1. The normalized spacial score (nSPS) is 12.8. The van der Waals surface area contributed by atoms with Gasteiger partial charge in [-0.05, 0) is 24.2 Å². The van der Waals surface area contributed by atoms with E-state index in [0.717, 1.165) is 19.3 Å². The number of hydrogen-bond acceptors (Lipinski definition) is 2. The number of carbonyl (C=O) groups is 2. The zero-order valence-electron chi connectivity index (χ0n) is 16.0. The molecule has 0 fully saturated rings. The van der Waals surface area contributed by atoms with Gasteiger partial charge < -0.3 is 13.1 Å². The minimum absolute atomic E-state index is 0. The molecule has 0 spiro atoms. The topological polar surface area (TPSA) is 74.6 Å². The van der Waals surface area contributed by atoms with Crippen LogP contribution < -0.4 is 0 Å². The summed E-state index contributed by atoms with van der Waals surface area (Å²) in [6.07, 6.45) is 6.95. The van der Waals surface area contributed by atoms with Crippen molar-refractivity contribution in [1.29, 1.82) is 0 Å². The molecule has 5 heteroatoms. The van der Waals surface area contributed by atoms with Crippen LogP contribution in [0.25, 0.3) is 0 Å². The quantitative estimate of drug-likeness (QED) is 0.361. The molecule has 0 aliphatic heterocycles. The molecule has 0 aromatic rings. The number of carboxylic acids is 2. The molecular weight excluding hydrogens is 296 g/mol. The van der Waals surface area contributed by atoms with Crippen LogP contribution in [0.3, 0.4) is 0 Å². The van der Waals surface area contributed by atoms with Gasteiger partial charge in [0, 0.05) is 0 Å². The number of rotatable bonds is 10. The maximum atomic E-state index is 11.0. The third-order valence-electron chi connectivity index (χ3n) is 4.00. The molecule has 0 saturated carbocycles. The Morgan fingerprint density at radius 2 is 1.48 bits per heavy atom. The number of carboxylic acid groups (broad SMARTS) is 2. The van der Waals surface area contributed by atoms with Gasteiger partial charge in [0.05, 0.1) is 0 Å². The fraction of sp³-hybridized carbons (Fsp3) is 0.875. The second kappa shape index (κ2) is 11.7. The number of aliphatic carboxylic acids is 2. The summed E-state index contributed by atoms with van der Waals surface area (Å²) >= 11 is 0. The molecule has 0 bridgehead atoms. The van der Waals surface area contributed by atoms with E-state index >= 15 is 0 Å². The van der Waals surface area contributed by atoms with Gasteiger partial charge in [0.2, 0.25) is 0 Å². The van der Waals surface area contributed by atoms with Gasteiger partial charge >= 0.3 is 49.7 Å². The molecule has 0 aliphatic carbocycles. The summed E-state index contributed by atoms with van der Waals surface area (Å²) in [5, 5.41) is 18.0. The summed E-state index contributed by atoms with van der Waals surface area (Å²) in [6, 6.07) is 0. The van der Waals surface area contributed by atoms with Crippen LogP contribution >= 0.6 is 0 Å². The second-order valence-corrected chi connectivity index (χ2v) is 6.73. The van der Waals surface area contributed by atoms with E-state index in [2.05, 4.69) is 27.7 Å². The first kappa shape index (κ1) is 23.5. The van der Waals surface area contributed by atoms with E-state index in [0.29, 0.717) is 0 Å². The summed E-state index contributed by atoms with van der Waals surface area (Å²) in [5.74, 6) is -3.60. The van der Waals surface area contributed by atoms with Crippen molar-refractivity contribution in [2.45, 2.75) is 72.6 Å². The van der Waals surface area contributed by atoms with E-state index in [1.807, 2.05) is 0 Å². The van der Waals surface area contributed by atoms with Gasteiger partial charge in [-0.1, -0.05) is 59.8 Å². The molecule has 0 saturated heterocycles. The Labute approximate surface area is 161 Å². The Morgan fingerprint density at radius 3 is 1.86 bits per heavy atom. The van der Waals surface area contributed by atoms with E-state index in [1.165, 1.54) is 19.3 Å². The molecule has 0 aromatic heterocycles. The molecule has 2 N–H and O–H groups in total. The van der Waals surface area contributed by atoms with Gasteiger partial charge in [0.1, 0.15) is 0 Å². The zero-order chi connectivity index (χ0) is 15.8. The van der Waals surface area contributed by atoms with Crippen molar-refractivity contribution in [2.75, 3.05) is 0 Å². The average molecular weight is 329 g/mol. The summed E-state index contributed by atoms with van der Waals surface area (Å²) in [7, 11) is 0. The largest absolute Gasteiger partial charge is 2.00 e. The Morgan fingerprint density at radius 1 is 1.00 bits per heavy atom. The molecule has 4 nitrogen and oxygen atoms in total. The van der Waals surface area contributed by atoms with Crippen LogP contribution in [0.15, 0.2) is 0 Å². The van der Waals surface area contributed by atoms with Crippen molar-refractivity contribution >= 4 is 49.7 Å². The van der Waals surface area contributed by atoms with Crippen LogP contribution in [0.4, 0.5) is 0 Å². The van der Waals surface area contributed by atoms with Crippen LogP contribution in [0.5, 0.6) is 0 Å². The Bertz CT molecular complexity index is 306. The van der Waals surface area contributed by atoms with E-state index in [1.54, 1.807) is 0 Å². The van der Waals surface area contributed by atoms with Crippen LogP contribution in [0.1, 0.15) is 75.5 Å². The third kappa shape index (κ3) is 10.5. The van der Waals surface area contributed by atoms with Crippen molar-refractivity contribution < 1.29 is 22.7 Å². The minimum Gasteiger partial charge on any atom is -1.00 e. The monoisotopic (exact) mass is 328 g/mol. The summed E-state index contributed by atoms with van der Waals surface area (Å²) in [6.45, 7) is 8.35. The molecular formula is C16H32CaO4. The van der Waals surface area contributed by atoms with Crippen molar-refractivity contribution in [3.05, 3.63) is 0 Å². The molecule has 122 valence electrons. The Kier molecular flexibility index (Phi) is 13.1. The fourth-order valence-electron chi connectivity index (χ4n) is 2.49. The molecule has 0 amide bonds. The molecule has 1 atom stereocenters. The molecule has 0 rings (SSSR count). The van der Waals surface area contributed by atoms with Crippen molar-refractivity contribution in [3.63, 3.8) is 0 Å². The Balaban J connectivity index is -0.000000602. The van der Waals surface area contributed by atoms with E-state index in [4.69, 9.17) is 10.2 Å². The first-order valence-corrected chi connectivity index (χ1v) is 7.65. The first-order chi connectivity index (χ1) is 9.20. The van der Waals surface area contributed by atoms with Gasteiger partial charge in [-0.2, -0.15) is 0 Å². The van der Waals surface area contributed by atoms with Crippen molar-refractivity contribution in [3.8, 4) is 0 Å². The van der Waals surface area contributed by atoms with Crippen molar-refractivity contribution in [2.24, 2.45) is 17.3 Å². The smallest absolute Gasteiger partial charge is 1.00 e. The standard InChI is InChI=1S/C16H30O4.Ca.2H/c1-5-6-7-8-9-10-12(16(2,3)4)11-13(14(17)18)15(19)20;;;/h12-13H,5-11H2,1-4H3,(H,17,18)(H,19,20);;;/q;+2;2*-1. The minimum atomic E-state index is -1.28. The molecule has 0 aromatic carbocycles. The van der Waals surface area contributed by atoms with Gasteiger partial charge in [0.15, 0.2) is 5.92 Å². The van der Waals surface area contributed by atoms with Crippen molar-refractivity contribution in [1.82, 2.24) is 0 Å². The summed E-state index contributed by atoms with van der Waals surface area (Å²) in [5.41, 5.74) is -0.0616. The zero-order valence-corrected chi connectivity index (χ0v) is 16.2. The number of unbranched alkanes of at least 4 members (excludes halogenated alkanes) is 4. The van der Waals surface area contributed by atoms with Crippen LogP contribution in [0.2, 0.25) is 0 Å². The maximum absolute atomic E-state index is 11.0. The van der Waals surface area contributed by atoms with Gasteiger partial charge in [-0.15, -0.1) is 0 Å². The molecule has 1 unspecified atom stereocenters. The predicted octanol–water partition coefficient (Wildman–Crippen LogP) is 4.03. The predicted molar refractivity (Wildman–Crippen MR) is 87.7 cm³/mol. The van der Waals surface area contributed by atoms with E-state index in [9.17, 15) is 9.59 Å². The number of hydrogen-bond donors (Lipinski definition) is 2. The van der Waals surface area contributed by atoms with Crippen LogP contribution in [-0.2, 0) is 9.59 Å². The molecule has 0 heterocycles. The molecule has 0 aliphatic rings. The van der Waals surface area contributed by atoms with Crippen LogP contribution in [0, 0.1) is 17.3 Å². The maximum Gasteiger partial charge on any atom is 2.00 e. The van der Waals surface area contributed by atoms with Gasteiger partial charge in [-0.25, -0.2) is 0 Å². The van der Waals surface area contributed by atoms with Gasteiger partial charge in [-0.3, -0.25) is 9.59 Å². The SMILES string of the molecule is CCCCCCCC(CC(C(=O)O)C(=O)O)C(C)(C)C.[Ca+2].[H-].[H-]. The Hall–Kier alpha value is 0.200. The van der Waals surface area contributed by atoms with E-state index < -0.39 is 17.9 Å². The summed E-state index contributed by atoms with van der Waals surface area (Å²) < 4.78 is 0. The van der Waals surface area contributed by atoms with Crippen LogP contribution in [-0.4, -0.2) is 59.9 Å². The van der Waals surface area contributed by atoms with Gasteiger partial charge in [0.25, 0.3) is 0 Å². The third-order valence-corrected chi connectivity index (χ3v) is 4.00. The molecule has 21 heavy (non-hydrogen) atoms. The second-order valence-electron chi connectivity index (χ2n) is 6.73. The van der Waals surface area contributed by atoms with E-state index in [-0.39, 0.29) is 58.3 Å². The first-order valence-electron chi connectivity index (χ1n) is 7.65. The average Bonchev–Trinajstić information content (AvgIpc) is 2.29. The fourth-order valence-corrected chi connectivity index (χ4v) is 2.49.